The minimum Gasteiger partial charge on any atom is -0.462 e. The highest BCUT2D eigenvalue weighted by Crippen LogP contribution is 2.17. The van der Waals surface area contributed by atoms with Gasteiger partial charge in [-0.25, -0.2) is 0 Å². The number of carbonyl (C=O) groups excluding carboxylic acids is 3. The summed E-state index contributed by atoms with van der Waals surface area (Å²) in [5.74, 6) is -0.920. The molecule has 0 aromatic heterocycles. The average molecular weight is 966 g/mol. The molecule has 0 saturated heterocycles. The first-order valence-electron chi connectivity index (χ1n) is 29.8. The first-order valence-corrected chi connectivity index (χ1v) is 29.8. The molecule has 1 unspecified atom stereocenters. The highest BCUT2D eigenvalue weighted by Gasteiger charge is 2.19. The lowest BCUT2D eigenvalue weighted by Crippen LogP contribution is -2.30. The predicted octanol–water partition coefficient (Wildman–Crippen LogP) is 20.0. The van der Waals surface area contributed by atoms with Gasteiger partial charge in [-0.05, 0) is 77.0 Å². The molecule has 0 N–H and O–H groups in total. The minimum atomic E-state index is -0.792. The normalized spacial score (nSPS) is 12.4. The van der Waals surface area contributed by atoms with Crippen molar-refractivity contribution in [2.24, 2.45) is 0 Å². The predicted molar refractivity (Wildman–Crippen MR) is 298 cm³/mol. The molecular weight excluding hydrogens is 853 g/mol. The van der Waals surface area contributed by atoms with Crippen LogP contribution in [-0.2, 0) is 28.6 Å². The third kappa shape index (κ3) is 55.9. The molecule has 0 amide bonds. The van der Waals surface area contributed by atoms with Gasteiger partial charge in [-0.3, -0.25) is 14.4 Å². The summed E-state index contributed by atoms with van der Waals surface area (Å²) >= 11 is 0. The Bertz CT molecular complexity index is 1250. The van der Waals surface area contributed by atoms with Crippen LogP contribution < -0.4 is 0 Å². The molecule has 1 atom stereocenters. The summed E-state index contributed by atoms with van der Waals surface area (Å²) < 4.78 is 16.8. The zero-order chi connectivity index (χ0) is 50.0. The summed E-state index contributed by atoms with van der Waals surface area (Å²) in [7, 11) is 0. The number of hydrogen-bond acceptors (Lipinski definition) is 6. The van der Waals surface area contributed by atoms with E-state index in [0.29, 0.717) is 19.3 Å². The minimum absolute atomic E-state index is 0.0870. The van der Waals surface area contributed by atoms with Crippen molar-refractivity contribution in [3.05, 3.63) is 60.8 Å². The summed E-state index contributed by atoms with van der Waals surface area (Å²) in [5, 5.41) is 0. The number of hydrogen-bond donors (Lipinski definition) is 0. The Balaban J connectivity index is 4.27. The Hall–Kier alpha value is -2.89. The molecule has 69 heavy (non-hydrogen) atoms. The zero-order valence-electron chi connectivity index (χ0n) is 45.8. The third-order valence-corrected chi connectivity index (χ3v) is 13.0. The summed E-state index contributed by atoms with van der Waals surface area (Å²) in [4.78, 5) is 38.1. The second-order valence-corrected chi connectivity index (χ2v) is 19.9. The Kier molecular flexibility index (Phi) is 55.3. The highest BCUT2D eigenvalue weighted by atomic mass is 16.6. The smallest absolute Gasteiger partial charge is 0.306 e. The third-order valence-electron chi connectivity index (χ3n) is 13.0. The van der Waals surface area contributed by atoms with E-state index in [-0.39, 0.29) is 31.1 Å². The van der Waals surface area contributed by atoms with E-state index in [1.54, 1.807) is 0 Å². The number of allylic oxidation sites excluding steroid dienone is 10. The molecule has 6 nitrogen and oxygen atoms in total. The maximum Gasteiger partial charge on any atom is 0.306 e. The standard InChI is InChI=1S/C63H112O6/c1-4-7-10-13-16-19-22-25-27-28-29-30-31-32-33-34-35-36-39-41-44-47-50-53-56-62(65)68-59-60(58-67-61(64)55-52-49-46-43-40-37-24-21-18-15-12-9-6-3)69-63(66)57-54-51-48-45-42-38-26-23-20-17-14-11-8-5-2/h9,12,14,17-18,21,23,26,37,40,60H,4-8,10-11,13,15-16,19-20,22,24-25,27-36,38-39,41-59H2,1-3H3/b12-9-,17-14-,21-18-,26-23-,40-37-. The van der Waals surface area contributed by atoms with Crippen LogP contribution in [0.4, 0.5) is 0 Å². The van der Waals surface area contributed by atoms with E-state index in [9.17, 15) is 14.4 Å². The van der Waals surface area contributed by atoms with Crippen LogP contribution >= 0.6 is 0 Å². The molecule has 0 aliphatic rings. The van der Waals surface area contributed by atoms with Crippen LogP contribution in [0.15, 0.2) is 60.8 Å². The lowest BCUT2D eigenvalue weighted by molar-refractivity contribution is -0.167. The molecule has 400 valence electrons. The van der Waals surface area contributed by atoms with Gasteiger partial charge in [0.1, 0.15) is 13.2 Å². The van der Waals surface area contributed by atoms with E-state index in [2.05, 4.69) is 81.5 Å². The molecule has 6 heteroatoms. The van der Waals surface area contributed by atoms with Crippen LogP contribution in [0.3, 0.4) is 0 Å². The molecule has 0 radical (unpaired) electrons. The summed E-state index contributed by atoms with van der Waals surface area (Å²) in [6.45, 7) is 6.48. The van der Waals surface area contributed by atoms with E-state index < -0.39 is 6.10 Å². The molecule has 0 fully saturated rings. The monoisotopic (exact) mass is 965 g/mol. The van der Waals surface area contributed by atoms with Crippen molar-refractivity contribution < 1.29 is 28.6 Å². The Morgan fingerprint density at radius 2 is 0.580 bits per heavy atom. The van der Waals surface area contributed by atoms with Gasteiger partial charge in [0.05, 0.1) is 0 Å². The van der Waals surface area contributed by atoms with Crippen molar-refractivity contribution in [1.82, 2.24) is 0 Å². The fourth-order valence-electron chi connectivity index (χ4n) is 8.53. The molecule has 0 aliphatic heterocycles. The van der Waals surface area contributed by atoms with Crippen LogP contribution in [-0.4, -0.2) is 37.2 Å². The molecule has 0 aliphatic carbocycles. The number of carbonyl (C=O) groups is 3. The van der Waals surface area contributed by atoms with Crippen LogP contribution in [0.25, 0.3) is 0 Å². The second kappa shape index (κ2) is 57.7. The molecule has 0 heterocycles. The van der Waals surface area contributed by atoms with E-state index in [1.807, 2.05) is 0 Å². The largest absolute Gasteiger partial charge is 0.462 e. The maximum atomic E-state index is 12.8. The first-order chi connectivity index (χ1) is 34.0. The fourth-order valence-corrected chi connectivity index (χ4v) is 8.53. The van der Waals surface area contributed by atoms with Gasteiger partial charge in [0.15, 0.2) is 6.10 Å². The molecule has 0 aromatic carbocycles. The van der Waals surface area contributed by atoms with Gasteiger partial charge in [-0.2, -0.15) is 0 Å². The fraction of sp³-hybridized carbons (Fsp3) is 0.794. The molecular formula is C63H112O6. The maximum absolute atomic E-state index is 12.8. The summed E-state index contributed by atoms with van der Waals surface area (Å²) in [5.41, 5.74) is 0. The molecule has 0 aromatic rings. The Morgan fingerprint density at radius 1 is 0.304 bits per heavy atom. The van der Waals surface area contributed by atoms with Gasteiger partial charge in [-0.1, -0.05) is 268 Å². The van der Waals surface area contributed by atoms with Crippen molar-refractivity contribution in [2.75, 3.05) is 13.2 Å². The van der Waals surface area contributed by atoms with Crippen LogP contribution in [0.5, 0.6) is 0 Å². The van der Waals surface area contributed by atoms with Crippen molar-refractivity contribution in [1.29, 1.82) is 0 Å². The first kappa shape index (κ1) is 66.1. The van der Waals surface area contributed by atoms with Crippen LogP contribution in [0, 0.1) is 0 Å². The van der Waals surface area contributed by atoms with E-state index in [0.717, 1.165) is 109 Å². The quantitative estimate of drug-likeness (QED) is 0.0262. The van der Waals surface area contributed by atoms with Crippen LogP contribution in [0.1, 0.15) is 303 Å². The van der Waals surface area contributed by atoms with E-state index in [1.165, 1.54) is 154 Å². The van der Waals surface area contributed by atoms with E-state index in [4.69, 9.17) is 14.2 Å². The van der Waals surface area contributed by atoms with Gasteiger partial charge in [0.25, 0.3) is 0 Å². The molecule has 0 spiro atoms. The van der Waals surface area contributed by atoms with Crippen molar-refractivity contribution in [3.8, 4) is 0 Å². The van der Waals surface area contributed by atoms with E-state index >= 15 is 0 Å². The van der Waals surface area contributed by atoms with Gasteiger partial charge in [-0.15, -0.1) is 0 Å². The lowest BCUT2D eigenvalue weighted by atomic mass is 10.0. The SMILES string of the molecule is CC/C=C\C/C=C\C/C=C\CCCCCC(=O)OCC(COC(=O)CCCCCCCCCCCCCCCCCCCCCCCCCC)OC(=O)CCCCCCC/C=C\C/C=C\CCCC. The molecule has 0 rings (SSSR count). The number of rotatable bonds is 54. The zero-order valence-corrected chi connectivity index (χ0v) is 45.8. The number of ether oxygens (including phenoxy) is 3. The van der Waals surface area contributed by atoms with Crippen molar-refractivity contribution >= 4 is 17.9 Å². The topological polar surface area (TPSA) is 78.9 Å². The van der Waals surface area contributed by atoms with Gasteiger partial charge in [0, 0.05) is 19.3 Å². The summed E-state index contributed by atoms with van der Waals surface area (Å²) in [6, 6.07) is 0. The van der Waals surface area contributed by atoms with Crippen molar-refractivity contribution in [2.45, 2.75) is 309 Å². The van der Waals surface area contributed by atoms with Gasteiger partial charge < -0.3 is 14.2 Å². The van der Waals surface area contributed by atoms with Gasteiger partial charge >= 0.3 is 17.9 Å². The van der Waals surface area contributed by atoms with Gasteiger partial charge in [0.2, 0.25) is 0 Å². The van der Waals surface area contributed by atoms with Crippen molar-refractivity contribution in [3.63, 3.8) is 0 Å². The molecule has 0 saturated carbocycles. The summed E-state index contributed by atoms with van der Waals surface area (Å²) in [6.07, 6.45) is 72.3. The average Bonchev–Trinajstić information content (AvgIpc) is 3.35. The number of unbranched alkanes of at least 4 members (excludes halogenated alkanes) is 33. The molecule has 0 bridgehead atoms. The second-order valence-electron chi connectivity index (χ2n) is 19.9. The highest BCUT2D eigenvalue weighted by molar-refractivity contribution is 5.71. The van der Waals surface area contributed by atoms with Crippen LogP contribution in [0.2, 0.25) is 0 Å². The lowest BCUT2D eigenvalue weighted by Gasteiger charge is -2.18. The number of esters is 3. The Morgan fingerprint density at radius 3 is 0.942 bits per heavy atom. The Labute approximate surface area is 428 Å².